The number of hydrogen-bond donors (Lipinski definition) is 2. The molecule has 1 atom stereocenters. The van der Waals surface area contributed by atoms with Gasteiger partial charge in [0.25, 0.3) is 0 Å². The van der Waals surface area contributed by atoms with Crippen molar-refractivity contribution in [1.82, 2.24) is 15.8 Å². The van der Waals surface area contributed by atoms with Gasteiger partial charge in [-0.15, -0.1) is 0 Å². The Morgan fingerprint density at radius 3 is 2.73 bits per heavy atom. The molecular formula is C19H23N3O4. The van der Waals surface area contributed by atoms with E-state index >= 15 is 0 Å². The lowest BCUT2D eigenvalue weighted by Gasteiger charge is -2.33. The summed E-state index contributed by atoms with van der Waals surface area (Å²) in [6.07, 6.45) is 3.08. The summed E-state index contributed by atoms with van der Waals surface area (Å²) in [7, 11) is 0. The average molecular weight is 357 g/mol. The number of benzene rings is 1. The SMILES string of the molecule is CC1CCCCN1C(=O)NNC(=O)c1ccc(COc2ccccc2)o1. The van der Waals surface area contributed by atoms with Crippen molar-refractivity contribution in [3.63, 3.8) is 0 Å². The molecule has 1 aliphatic heterocycles. The molecule has 2 N–H and O–H groups in total. The molecule has 1 unspecified atom stereocenters. The predicted molar refractivity (Wildman–Crippen MR) is 95.5 cm³/mol. The fourth-order valence-electron chi connectivity index (χ4n) is 2.89. The molecule has 0 saturated carbocycles. The minimum Gasteiger partial charge on any atom is -0.486 e. The maximum absolute atomic E-state index is 12.2. The second-order valence-corrected chi connectivity index (χ2v) is 6.29. The Hall–Kier alpha value is -2.96. The third-order valence-corrected chi connectivity index (χ3v) is 4.36. The highest BCUT2D eigenvalue weighted by atomic mass is 16.5. The molecule has 0 bridgehead atoms. The molecule has 0 aliphatic carbocycles. The summed E-state index contributed by atoms with van der Waals surface area (Å²) in [6, 6.07) is 12.4. The van der Waals surface area contributed by atoms with Gasteiger partial charge in [0.15, 0.2) is 5.76 Å². The maximum Gasteiger partial charge on any atom is 0.336 e. The van der Waals surface area contributed by atoms with Gasteiger partial charge in [0.2, 0.25) is 0 Å². The van der Waals surface area contributed by atoms with Crippen molar-refractivity contribution in [2.75, 3.05) is 6.54 Å². The van der Waals surface area contributed by atoms with Crippen molar-refractivity contribution in [3.8, 4) is 5.75 Å². The quantitative estimate of drug-likeness (QED) is 0.824. The number of carbonyl (C=O) groups is 2. The topological polar surface area (TPSA) is 83.8 Å². The van der Waals surface area contributed by atoms with E-state index in [0.29, 0.717) is 12.3 Å². The third kappa shape index (κ3) is 4.56. The van der Waals surface area contributed by atoms with Gasteiger partial charge >= 0.3 is 11.9 Å². The van der Waals surface area contributed by atoms with Gasteiger partial charge in [0.05, 0.1) is 0 Å². The van der Waals surface area contributed by atoms with Gasteiger partial charge in [0.1, 0.15) is 18.1 Å². The van der Waals surface area contributed by atoms with Gasteiger partial charge in [-0.25, -0.2) is 10.2 Å². The molecule has 7 nitrogen and oxygen atoms in total. The lowest BCUT2D eigenvalue weighted by atomic mass is 10.0. The molecule has 1 aromatic carbocycles. The lowest BCUT2D eigenvalue weighted by molar-refractivity contribution is 0.0890. The van der Waals surface area contributed by atoms with E-state index in [1.165, 1.54) is 0 Å². The van der Waals surface area contributed by atoms with Crippen molar-refractivity contribution in [1.29, 1.82) is 0 Å². The second kappa shape index (κ2) is 8.42. The van der Waals surface area contributed by atoms with E-state index in [0.717, 1.165) is 25.0 Å². The molecule has 0 spiro atoms. The highest BCUT2D eigenvalue weighted by Gasteiger charge is 2.23. The zero-order valence-corrected chi connectivity index (χ0v) is 14.7. The van der Waals surface area contributed by atoms with Crippen LogP contribution in [-0.2, 0) is 6.61 Å². The Kier molecular flexibility index (Phi) is 5.78. The van der Waals surface area contributed by atoms with E-state index in [1.54, 1.807) is 17.0 Å². The standard InChI is InChI=1S/C19H23N3O4/c1-14-7-5-6-12-22(14)19(24)21-20-18(23)17-11-10-16(26-17)13-25-15-8-3-2-4-9-15/h2-4,8-11,14H,5-7,12-13H2,1H3,(H,20,23)(H,21,24). The molecule has 1 aromatic heterocycles. The number of carbonyl (C=O) groups excluding carboxylic acids is 2. The first kappa shape index (κ1) is 17.8. The molecule has 2 aromatic rings. The zero-order valence-electron chi connectivity index (χ0n) is 14.7. The minimum atomic E-state index is -0.506. The van der Waals surface area contributed by atoms with E-state index in [4.69, 9.17) is 9.15 Å². The first-order chi connectivity index (χ1) is 12.6. The molecule has 3 amide bonds. The van der Waals surface area contributed by atoms with Gasteiger partial charge in [-0.05, 0) is 50.5 Å². The number of amides is 3. The number of nitrogens with one attached hydrogen (secondary N) is 2. The first-order valence-electron chi connectivity index (χ1n) is 8.77. The molecule has 1 aliphatic rings. The fraction of sp³-hybridized carbons (Fsp3) is 0.368. The number of likely N-dealkylation sites (tertiary alicyclic amines) is 1. The third-order valence-electron chi connectivity index (χ3n) is 4.36. The first-order valence-corrected chi connectivity index (χ1v) is 8.77. The van der Waals surface area contributed by atoms with Crippen LogP contribution >= 0.6 is 0 Å². The summed E-state index contributed by atoms with van der Waals surface area (Å²) in [5.74, 6) is 0.852. The highest BCUT2D eigenvalue weighted by Crippen LogP contribution is 2.16. The van der Waals surface area contributed by atoms with E-state index in [9.17, 15) is 9.59 Å². The molecule has 1 fully saturated rings. The smallest absolute Gasteiger partial charge is 0.336 e. The van der Waals surface area contributed by atoms with Gasteiger partial charge in [-0.3, -0.25) is 10.2 Å². The minimum absolute atomic E-state index is 0.114. The molecule has 1 saturated heterocycles. The van der Waals surface area contributed by atoms with E-state index in [-0.39, 0.29) is 24.4 Å². The van der Waals surface area contributed by atoms with Crippen LogP contribution in [0.2, 0.25) is 0 Å². The van der Waals surface area contributed by atoms with Crippen LogP contribution in [0.3, 0.4) is 0 Å². The summed E-state index contributed by atoms with van der Waals surface area (Å²) < 4.78 is 11.0. The molecule has 138 valence electrons. The molecule has 7 heteroatoms. The Balaban J connectivity index is 1.47. The Labute approximate surface area is 152 Å². The van der Waals surface area contributed by atoms with Crippen LogP contribution in [-0.4, -0.2) is 29.4 Å². The summed E-state index contributed by atoms with van der Waals surface area (Å²) in [4.78, 5) is 26.0. The van der Waals surface area contributed by atoms with Crippen LogP contribution in [0.5, 0.6) is 5.75 Å². The number of piperidine rings is 1. The average Bonchev–Trinajstić information content (AvgIpc) is 3.14. The Morgan fingerprint density at radius 2 is 1.96 bits per heavy atom. The van der Waals surface area contributed by atoms with Crippen molar-refractivity contribution in [2.45, 2.75) is 38.8 Å². The van der Waals surface area contributed by atoms with Crippen molar-refractivity contribution >= 4 is 11.9 Å². The lowest BCUT2D eigenvalue weighted by Crippen LogP contribution is -2.52. The van der Waals surface area contributed by atoms with Gasteiger partial charge < -0.3 is 14.1 Å². The fourth-order valence-corrected chi connectivity index (χ4v) is 2.89. The zero-order chi connectivity index (χ0) is 18.4. The number of nitrogens with zero attached hydrogens (tertiary/aromatic N) is 1. The number of rotatable bonds is 4. The summed E-state index contributed by atoms with van der Waals surface area (Å²) in [5, 5.41) is 0. The predicted octanol–water partition coefficient (Wildman–Crippen LogP) is 3.09. The van der Waals surface area contributed by atoms with Crippen LogP contribution in [0, 0.1) is 0 Å². The Bertz CT molecular complexity index is 744. The van der Waals surface area contributed by atoms with Crippen LogP contribution in [0.1, 0.15) is 42.5 Å². The number of hydrazine groups is 1. The van der Waals surface area contributed by atoms with Crippen molar-refractivity contribution < 1.29 is 18.7 Å². The number of para-hydroxylation sites is 1. The Morgan fingerprint density at radius 1 is 1.15 bits per heavy atom. The molecule has 2 heterocycles. The van der Waals surface area contributed by atoms with Crippen LogP contribution in [0.25, 0.3) is 0 Å². The molecule has 26 heavy (non-hydrogen) atoms. The number of ether oxygens (including phenoxy) is 1. The van der Waals surface area contributed by atoms with Crippen molar-refractivity contribution in [3.05, 3.63) is 54.0 Å². The van der Waals surface area contributed by atoms with Crippen LogP contribution in [0.4, 0.5) is 4.79 Å². The van der Waals surface area contributed by atoms with Crippen LogP contribution in [0.15, 0.2) is 46.9 Å². The molecule has 0 radical (unpaired) electrons. The van der Waals surface area contributed by atoms with Gasteiger partial charge in [0, 0.05) is 12.6 Å². The maximum atomic E-state index is 12.2. The summed E-state index contributed by atoms with van der Waals surface area (Å²) in [6.45, 7) is 2.92. The number of furan rings is 1. The highest BCUT2D eigenvalue weighted by molar-refractivity contribution is 5.92. The van der Waals surface area contributed by atoms with Crippen LogP contribution < -0.4 is 15.6 Å². The van der Waals surface area contributed by atoms with Gasteiger partial charge in [-0.2, -0.15) is 0 Å². The van der Waals surface area contributed by atoms with E-state index < -0.39 is 5.91 Å². The normalized spacial score (nSPS) is 16.8. The van der Waals surface area contributed by atoms with E-state index in [1.807, 2.05) is 37.3 Å². The van der Waals surface area contributed by atoms with Gasteiger partial charge in [-0.1, -0.05) is 18.2 Å². The number of hydrogen-bond acceptors (Lipinski definition) is 4. The van der Waals surface area contributed by atoms with E-state index in [2.05, 4.69) is 10.9 Å². The molecule has 3 rings (SSSR count). The molecular weight excluding hydrogens is 334 g/mol. The monoisotopic (exact) mass is 357 g/mol. The van der Waals surface area contributed by atoms with Crippen molar-refractivity contribution in [2.24, 2.45) is 0 Å². The largest absolute Gasteiger partial charge is 0.486 e. The number of urea groups is 1. The second-order valence-electron chi connectivity index (χ2n) is 6.29. The summed E-state index contributed by atoms with van der Waals surface area (Å²) in [5.41, 5.74) is 4.83. The summed E-state index contributed by atoms with van der Waals surface area (Å²) >= 11 is 0.